The van der Waals surface area contributed by atoms with Crippen LogP contribution in [0.15, 0.2) is 12.1 Å². The average molecular weight is 283 g/mol. The molecule has 1 aromatic heterocycles. The fourth-order valence-corrected chi connectivity index (χ4v) is 1.85. The first kappa shape index (κ1) is 15.2. The van der Waals surface area contributed by atoms with Gasteiger partial charge in [-0.15, -0.1) is 0 Å². The van der Waals surface area contributed by atoms with E-state index in [2.05, 4.69) is 4.98 Å². The minimum Gasteiger partial charge on any atom is -0.350 e. The highest BCUT2D eigenvalue weighted by molar-refractivity contribution is 6.29. The van der Waals surface area contributed by atoms with Crippen LogP contribution in [0.25, 0.3) is 0 Å². The van der Waals surface area contributed by atoms with Crippen LogP contribution in [0.2, 0.25) is 5.15 Å². The third-order valence-corrected chi connectivity index (χ3v) is 2.61. The Labute approximate surface area is 116 Å². The van der Waals surface area contributed by atoms with Crippen LogP contribution in [0, 0.1) is 27.4 Å². The molecule has 0 bridgehead atoms. The fraction of sp³-hybridized carbons (Fsp3) is 0.500. The van der Waals surface area contributed by atoms with Crippen LogP contribution in [0.3, 0.4) is 0 Å². The zero-order valence-electron chi connectivity index (χ0n) is 10.8. The van der Waals surface area contributed by atoms with E-state index in [1.165, 1.54) is 12.1 Å². The van der Waals surface area contributed by atoms with Gasteiger partial charge in [0.1, 0.15) is 5.15 Å². The molecule has 0 saturated carbocycles. The van der Waals surface area contributed by atoms with Crippen molar-refractivity contribution in [3.05, 3.63) is 27.4 Å². The molecule has 0 fully saturated rings. The monoisotopic (exact) mass is 282 g/mol. The standard InChI is InChI=1S/C12H15ClN4O2/c1-9(2)8-16(7-3-6-14)12-10(17(18)19)4-5-11(13)15-12/h4-5,9H,3,7-8H2,1-2H3. The summed E-state index contributed by atoms with van der Waals surface area (Å²) in [4.78, 5) is 16.3. The molecule has 0 aliphatic carbocycles. The maximum Gasteiger partial charge on any atom is 0.311 e. The predicted molar refractivity (Wildman–Crippen MR) is 73.2 cm³/mol. The molecule has 0 aromatic carbocycles. The first-order valence-corrected chi connectivity index (χ1v) is 6.26. The molecule has 7 heteroatoms. The Hall–Kier alpha value is -1.87. The first-order valence-electron chi connectivity index (χ1n) is 5.88. The zero-order valence-corrected chi connectivity index (χ0v) is 11.6. The quantitative estimate of drug-likeness (QED) is 0.455. The van der Waals surface area contributed by atoms with Gasteiger partial charge >= 0.3 is 5.69 Å². The highest BCUT2D eigenvalue weighted by Crippen LogP contribution is 2.28. The van der Waals surface area contributed by atoms with E-state index in [4.69, 9.17) is 16.9 Å². The number of rotatable bonds is 6. The van der Waals surface area contributed by atoms with E-state index in [0.29, 0.717) is 19.0 Å². The van der Waals surface area contributed by atoms with Crippen molar-refractivity contribution in [1.82, 2.24) is 4.98 Å². The second-order valence-corrected chi connectivity index (χ2v) is 4.87. The van der Waals surface area contributed by atoms with Gasteiger partial charge in [0.05, 0.1) is 17.4 Å². The Morgan fingerprint density at radius 1 is 1.58 bits per heavy atom. The number of nitriles is 1. The number of nitro groups is 1. The van der Waals surface area contributed by atoms with Gasteiger partial charge in [0.2, 0.25) is 5.82 Å². The number of halogens is 1. The maximum absolute atomic E-state index is 11.0. The van der Waals surface area contributed by atoms with E-state index >= 15 is 0 Å². The number of hydrogen-bond acceptors (Lipinski definition) is 5. The highest BCUT2D eigenvalue weighted by atomic mass is 35.5. The lowest BCUT2D eigenvalue weighted by Crippen LogP contribution is -2.30. The maximum atomic E-state index is 11.0. The molecule has 1 heterocycles. The van der Waals surface area contributed by atoms with Crippen molar-refractivity contribution in [3.63, 3.8) is 0 Å². The normalized spacial score (nSPS) is 10.3. The number of nitrogens with zero attached hydrogens (tertiary/aromatic N) is 4. The molecular formula is C12H15ClN4O2. The second kappa shape index (κ2) is 6.90. The van der Waals surface area contributed by atoms with Crippen molar-refractivity contribution in [3.8, 4) is 6.07 Å². The zero-order chi connectivity index (χ0) is 14.4. The van der Waals surface area contributed by atoms with Crippen LogP contribution in [0.4, 0.5) is 11.5 Å². The first-order chi connectivity index (χ1) is 8.95. The SMILES string of the molecule is CC(C)CN(CCC#N)c1nc(Cl)ccc1[N+](=O)[O-]. The molecule has 0 amide bonds. The van der Waals surface area contributed by atoms with Gasteiger partial charge in [-0.25, -0.2) is 4.98 Å². The summed E-state index contributed by atoms with van der Waals surface area (Å²) >= 11 is 5.81. The lowest BCUT2D eigenvalue weighted by Gasteiger charge is -2.24. The number of pyridine rings is 1. The van der Waals surface area contributed by atoms with Crippen molar-refractivity contribution in [2.45, 2.75) is 20.3 Å². The lowest BCUT2D eigenvalue weighted by molar-refractivity contribution is -0.384. The molecule has 0 unspecified atom stereocenters. The lowest BCUT2D eigenvalue weighted by atomic mass is 10.2. The van der Waals surface area contributed by atoms with E-state index in [0.717, 1.165) is 0 Å². The summed E-state index contributed by atoms with van der Waals surface area (Å²) in [6.07, 6.45) is 0.276. The molecule has 102 valence electrons. The Morgan fingerprint density at radius 3 is 2.79 bits per heavy atom. The molecule has 6 nitrogen and oxygen atoms in total. The van der Waals surface area contributed by atoms with Crippen molar-refractivity contribution in [2.75, 3.05) is 18.0 Å². The van der Waals surface area contributed by atoms with Crippen molar-refractivity contribution in [1.29, 1.82) is 5.26 Å². The summed E-state index contributed by atoms with van der Waals surface area (Å²) in [7, 11) is 0. The molecule has 1 aromatic rings. The van der Waals surface area contributed by atoms with Gasteiger partial charge in [-0.05, 0) is 12.0 Å². The summed E-state index contributed by atoms with van der Waals surface area (Å²) in [6, 6.07) is 4.76. The number of hydrogen-bond donors (Lipinski definition) is 0. The Balaban J connectivity index is 3.15. The second-order valence-electron chi connectivity index (χ2n) is 4.48. The summed E-state index contributed by atoms with van der Waals surface area (Å²) in [5, 5.41) is 19.9. The topological polar surface area (TPSA) is 83.1 Å². The molecule has 0 aliphatic rings. The van der Waals surface area contributed by atoms with Crippen molar-refractivity contribution >= 4 is 23.1 Å². The Bertz CT molecular complexity index is 499. The number of aromatic nitrogens is 1. The summed E-state index contributed by atoms with van der Waals surface area (Å²) < 4.78 is 0. The highest BCUT2D eigenvalue weighted by Gasteiger charge is 2.22. The van der Waals surface area contributed by atoms with E-state index in [1.807, 2.05) is 19.9 Å². The van der Waals surface area contributed by atoms with Crippen LogP contribution in [0.1, 0.15) is 20.3 Å². The third-order valence-electron chi connectivity index (χ3n) is 2.40. The smallest absolute Gasteiger partial charge is 0.311 e. The van der Waals surface area contributed by atoms with Crippen LogP contribution >= 0.6 is 11.6 Å². The minimum atomic E-state index is -0.488. The molecule has 0 aliphatic heterocycles. The predicted octanol–water partition coefficient (Wildman–Crippen LogP) is 3.02. The Kier molecular flexibility index (Phi) is 5.52. The third kappa shape index (κ3) is 4.38. The summed E-state index contributed by atoms with van der Waals surface area (Å²) in [5.41, 5.74) is -0.0945. The molecule has 1 rings (SSSR count). The Morgan fingerprint density at radius 2 is 2.26 bits per heavy atom. The van der Waals surface area contributed by atoms with Crippen LogP contribution in [-0.4, -0.2) is 23.0 Å². The van der Waals surface area contributed by atoms with E-state index in [1.54, 1.807) is 4.90 Å². The van der Waals surface area contributed by atoms with Crippen LogP contribution in [0.5, 0.6) is 0 Å². The van der Waals surface area contributed by atoms with E-state index in [-0.39, 0.29) is 23.1 Å². The fourth-order valence-electron chi connectivity index (χ4n) is 1.70. The molecule has 0 radical (unpaired) electrons. The number of anilines is 1. The van der Waals surface area contributed by atoms with E-state index < -0.39 is 4.92 Å². The van der Waals surface area contributed by atoms with Gasteiger partial charge in [-0.1, -0.05) is 25.4 Å². The minimum absolute atomic E-state index is 0.0945. The molecule has 0 spiro atoms. The van der Waals surface area contributed by atoms with Crippen molar-refractivity contribution < 1.29 is 4.92 Å². The average Bonchev–Trinajstić information content (AvgIpc) is 2.33. The van der Waals surface area contributed by atoms with Gasteiger partial charge < -0.3 is 4.90 Å². The summed E-state index contributed by atoms with van der Waals surface area (Å²) in [5.74, 6) is 0.514. The molecule has 0 N–H and O–H groups in total. The molecular weight excluding hydrogens is 268 g/mol. The molecule has 0 saturated heterocycles. The van der Waals surface area contributed by atoms with Gasteiger partial charge in [-0.3, -0.25) is 10.1 Å². The van der Waals surface area contributed by atoms with Gasteiger partial charge in [-0.2, -0.15) is 5.26 Å². The van der Waals surface area contributed by atoms with Gasteiger partial charge in [0.15, 0.2) is 0 Å². The van der Waals surface area contributed by atoms with Crippen LogP contribution < -0.4 is 4.90 Å². The van der Waals surface area contributed by atoms with Crippen LogP contribution in [-0.2, 0) is 0 Å². The summed E-state index contributed by atoms with van der Waals surface area (Å²) in [6.45, 7) is 4.96. The molecule has 19 heavy (non-hydrogen) atoms. The van der Waals surface area contributed by atoms with Crippen molar-refractivity contribution in [2.24, 2.45) is 5.92 Å². The van der Waals surface area contributed by atoms with Gasteiger partial charge in [0.25, 0.3) is 0 Å². The van der Waals surface area contributed by atoms with Gasteiger partial charge in [0, 0.05) is 19.2 Å². The largest absolute Gasteiger partial charge is 0.350 e. The van der Waals surface area contributed by atoms with E-state index in [9.17, 15) is 10.1 Å². The molecule has 0 atom stereocenters.